The zero-order chi connectivity index (χ0) is 13.9. The van der Waals surface area contributed by atoms with E-state index in [1.165, 1.54) is 18.1 Å². The quantitative estimate of drug-likeness (QED) is 0.725. The summed E-state index contributed by atoms with van der Waals surface area (Å²) in [6.45, 7) is 0. The Morgan fingerprint density at radius 3 is 2.80 bits per heavy atom. The molecule has 2 heterocycles. The van der Waals surface area contributed by atoms with Crippen molar-refractivity contribution in [1.82, 2.24) is 15.0 Å². The lowest BCUT2D eigenvalue weighted by molar-refractivity contribution is 1.07. The van der Waals surface area contributed by atoms with Gasteiger partial charge in [-0.25, -0.2) is 15.0 Å². The summed E-state index contributed by atoms with van der Waals surface area (Å²) in [6, 6.07) is 13.2. The SMILES string of the molecule is N#Cc1nc(Sc2ncnc3ccccc23)ccc1N. The Morgan fingerprint density at radius 1 is 1.10 bits per heavy atom. The summed E-state index contributed by atoms with van der Waals surface area (Å²) in [7, 11) is 0. The molecule has 0 aliphatic heterocycles. The third-order valence-corrected chi connectivity index (χ3v) is 3.67. The van der Waals surface area contributed by atoms with Gasteiger partial charge in [-0.1, -0.05) is 18.2 Å². The summed E-state index contributed by atoms with van der Waals surface area (Å²) in [5.74, 6) is 0. The summed E-state index contributed by atoms with van der Waals surface area (Å²) < 4.78 is 0. The third-order valence-electron chi connectivity index (χ3n) is 2.71. The van der Waals surface area contributed by atoms with E-state index in [9.17, 15) is 0 Å². The van der Waals surface area contributed by atoms with E-state index in [1.54, 1.807) is 12.1 Å². The third kappa shape index (κ3) is 2.27. The maximum atomic E-state index is 8.95. The van der Waals surface area contributed by atoms with Gasteiger partial charge in [-0.3, -0.25) is 0 Å². The van der Waals surface area contributed by atoms with Crippen LogP contribution >= 0.6 is 11.8 Å². The zero-order valence-electron chi connectivity index (χ0n) is 10.3. The van der Waals surface area contributed by atoms with Gasteiger partial charge in [0, 0.05) is 5.39 Å². The number of hydrogen-bond donors (Lipinski definition) is 1. The average Bonchev–Trinajstić information content (AvgIpc) is 2.49. The van der Waals surface area contributed by atoms with Gasteiger partial charge in [0.1, 0.15) is 22.4 Å². The molecule has 20 heavy (non-hydrogen) atoms. The minimum Gasteiger partial charge on any atom is -0.396 e. The number of nitrogen functional groups attached to an aromatic ring is 1. The van der Waals surface area contributed by atoms with Crippen molar-refractivity contribution in [1.29, 1.82) is 5.26 Å². The van der Waals surface area contributed by atoms with Crippen LogP contribution in [0.1, 0.15) is 5.69 Å². The molecule has 0 fully saturated rings. The molecule has 96 valence electrons. The van der Waals surface area contributed by atoms with Gasteiger partial charge in [0.2, 0.25) is 0 Å². The Balaban J connectivity index is 2.04. The van der Waals surface area contributed by atoms with Crippen LogP contribution in [0, 0.1) is 11.3 Å². The molecule has 2 aromatic heterocycles. The summed E-state index contributed by atoms with van der Waals surface area (Å²) in [5, 5.41) is 11.4. The van der Waals surface area contributed by atoms with Gasteiger partial charge in [-0.2, -0.15) is 5.26 Å². The number of nitrogens with zero attached hydrogens (tertiary/aromatic N) is 4. The Kier molecular flexibility index (Phi) is 3.19. The molecule has 0 aliphatic carbocycles. The van der Waals surface area contributed by atoms with E-state index in [0.717, 1.165) is 15.9 Å². The van der Waals surface area contributed by atoms with E-state index in [2.05, 4.69) is 15.0 Å². The minimum atomic E-state index is 0.230. The predicted octanol–water partition coefficient (Wildman–Crippen LogP) is 2.63. The van der Waals surface area contributed by atoms with E-state index in [1.807, 2.05) is 30.3 Å². The molecule has 5 nitrogen and oxygen atoms in total. The first-order valence-corrected chi connectivity index (χ1v) is 6.64. The number of aromatic nitrogens is 3. The molecule has 1 aromatic carbocycles. The first-order valence-electron chi connectivity index (χ1n) is 5.82. The predicted molar refractivity (Wildman–Crippen MR) is 77.0 cm³/mol. The van der Waals surface area contributed by atoms with Crippen molar-refractivity contribution in [2.24, 2.45) is 0 Å². The first-order chi connectivity index (χ1) is 9.78. The van der Waals surface area contributed by atoms with E-state index in [-0.39, 0.29) is 5.69 Å². The van der Waals surface area contributed by atoms with Crippen LogP contribution < -0.4 is 5.73 Å². The molecule has 2 N–H and O–H groups in total. The molecule has 0 unspecified atom stereocenters. The van der Waals surface area contributed by atoms with Crippen molar-refractivity contribution >= 4 is 28.4 Å². The number of nitrogens with two attached hydrogens (primary N) is 1. The lowest BCUT2D eigenvalue weighted by Crippen LogP contribution is -1.95. The highest BCUT2D eigenvalue weighted by molar-refractivity contribution is 7.99. The molecule has 0 saturated carbocycles. The Labute approximate surface area is 119 Å². The van der Waals surface area contributed by atoms with Crippen LogP contribution in [0.25, 0.3) is 10.9 Å². The van der Waals surface area contributed by atoms with Gasteiger partial charge >= 0.3 is 0 Å². The second-order valence-corrected chi connectivity index (χ2v) is 5.01. The van der Waals surface area contributed by atoms with Crippen molar-refractivity contribution in [3.8, 4) is 6.07 Å². The van der Waals surface area contributed by atoms with Crippen LogP contribution in [0.3, 0.4) is 0 Å². The molecule has 0 amide bonds. The lowest BCUT2D eigenvalue weighted by atomic mass is 10.2. The fourth-order valence-corrected chi connectivity index (χ4v) is 2.61. The molecular formula is C14H9N5S. The van der Waals surface area contributed by atoms with Gasteiger partial charge in [-0.05, 0) is 30.0 Å². The van der Waals surface area contributed by atoms with Crippen molar-refractivity contribution in [3.63, 3.8) is 0 Å². The van der Waals surface area contributed by atoms with E-state index >= 15 is 0 Å². The van der Waals surface area contributed by atoms with Gasteiger partial charge in [0.25, 0.3) is 0 Å². The standard InChI is InChI=1S/C14H9N5S/c15-7-12-10(16)5-6-13(19-12)20-14-9-3-1-2-4-11(9)17-8-18-14/h1-6,8H,16H2. The van der Waals surface area contributed by atoms with Gasteiger partial charge in [0.05, 0.1) is 11.2 Å². The molecule has 0 spiro atoms. The topological polar surface area (TPSA) is 88.5 Å². The molecule has 0 bridgehead atoms. The lowest BCUT2D eigenvalue weighted by Gasteiger charge is -2.05. The number of hydrogen-bond acceptors (Lipinski definition) is 6. The maximum absolute atomic E-state index is 8.95. The molecule has 3 rings (SSSR count). The van der Waals surface area contributed by atoms with Crippen LogP contribution in [0.4, 0.5) is 5.69 Å². The van der Waals surface area contributed by atoms with Gasteiger partial charge < -0.3 is 5.73 Å². The van der Waals surface area contributed by atoms with Crippen LogP contribution in [0.15, 0.2) is 52.8 Å². The molecule has 0 atom stereocenters. The Bertz CT molecular complexity index is 820. The normalized spacial score (nSPS) is 10.3. The Morgan fingerprint density at radius 2 is 1.95 bits per heavy atom. The second kappa shape index (κ2) is 5.15. The molecule has 6 heteroatoms. The highest BCUT2D eigenvalue weighted by atomic mass is 32.2. The van der Waals surface area contributed by atoms with Crippen molar-refractivity contribution in [2.45, 2.75) is 10.1 Å². The molecular weight excluding hydrogens is 270 g/mol. The smallest absolute Gasteiger partial charge is 0.164 e. The molecule has 0 saturated heterocycles. The zero-order valence-corrected chi connectivity index (χ0v) is 11.1. The fraction of sp³-hybridized carbons (Fsp3) is 0. The largest absolute Gasteiger partial charge is 0.396 e. The minimum absolute atomic E-state index is 0.230. The second-order valence-electron chi connectivity index (χ2n) is 4.00. The monoisotopic (exact) mass is 279 g/mol. The summed E-state index contributed by atoms with van der Waals surface area (Å²) >= 11 is 1.39. The van der Waals surface area contributed by atoms with Crippen molar-refractivity contribution in [3.05, 3.63) is 48.4 Å². The summed E-state index contributed by atoms with van der Waals surface area (Å²) in [6.07, 6.45) is 1.52. The first kappa shape index (κ1) is 12.4. The van der Waals surface area contributed by atoms with Crippen LogP contribution in [0.2, 0.25) is 0 Å². The molecule has 3 aromatic rings. The van der Waals surface area contributed by atoms with Crippen molar-refractivity contribution < 1.29 is 0 Å². The van der Waals surface area contributed by atoms with Crippen LogP contribution in [-0.4, -0.2) is 15.0 Å². The molecule has 0 aliphatic rings. The summed E-state index contributed by atoms with van der Waals surface area (Å²) in [5.41, 5.74) is 7.15. The summed E-state index contributed by atoms with van der Waals surface area (Å²) in [4.78, 5) is 12.7. The number of benzene rings is 1. The van der Waals surface area contributed by atoms with Crippen LogP contribution in [-0.2, 0) is 0 Å². The number of para-hydroxylation sites is 1. The van der Waals surface area contributed by atoms with Gasteiger partial charge in [-0.15, -0.1) is 0 Å². The van der Waals surface area contributed by atoms with E-state index in [0.29, 0.717) is 10.7 Å². The number of fused-ring (bicyclic) bond motifs is 1. The van der Waals surface area contributed by atoms with Crippen molar-refractivity contribution in [2.75, 3.05) is 5.73 Å². The molecule has 0 radical (unpaired) electrons. The number of pyridine rings is 1. The highest BCUT2D eigenvalue weighted by Gasteiger charge is 2.08. The maximum Gasteiger partial charge on any atom is 0.164 e. The number of rotatable bonds is 2. The van der Waals surface area contributed by atoms with E-state index < -0.39 is 0 Å². The number of nitriles is 1. The Hall–Kier alpha value is -2.65. The number of anilines is 1. The van der Waals surface area contributed by atoms with Gasteiger partial charge in [0.15, 0.2) is 5.69 Å². The van der Waals surface area contributed by atoms with Crippen LogP contribution in [0.5, 0.6) is 0 Å². The van der Waals surface area contributed by atoms with E-state index in [4.69, 9.17) is 11.0 Å². The average molecular weight is 279 g/mol. The highest BCUT2D eigenvalue weighted by Crippen LogP contribution is 2.30. The fourth-order valence-electron chi connectivity index (χ4n) is 1.76.